The highest BCUT2D eigenvalue weighted by atomic mass is 35.5. The SMILES string of the molecule is CC(C)(C)c1nnc(NC(=O)C2CCCC(=O)N2c2ccc(Cl)cc2)s1. The van der Waals surface area contributed by atoms with Gasteiger partial charge in [0, 0.05) is 22.5 Å². The molecule has 1 aliphatic heterocycles. The van der Waals surface area contributed by atoms with E-state index in [1.807, 2.05) is 20.8 Å². The summed E-state index contributed by atoms with van der Waals surface area (Å²) < 4.78 is 0. The van der Waals surface area contributed by atoms with Crippen molar-refractivity contribution in [2.24, 2.45) is 0 Å². The van der Waals surface area contributed by atoms with Gasteiger partial charge >= 0.3 is 0 Å². The number of hydrogen-bond donors (Lipinski definition) is 1. The van der Waals surface area contributed by atoms with Crippen molar-refractivity contribution in [2.45, 2.75) is 51.5 Å². The summed E-state index contributed by atoms with van der Waals surface area (Å²) in [6.45, 7) is 6.13. The van der Waals surface area contributed by atoms with Crippen LogP contribution in [-0.2, 0) is 15.0 Å². The number of halogens is 1. The van der Waals surface area contributed by atoms with Crippen LogP contribution in [0.25, 0.3) is 0 Å². The number of benzene rings is 1. The summed E-state index contributed by atoms with van der Waals surface area (Å²) >= 11 is 7.29. The van der Waals surface area contributed by atoms with E-state index in [1.165, 1.54) is 11.3 Å². The van der Waals surface area contributed by atoms with Crippen LogP contribution >= 0.6 is 22.9 Å². The second-order valence-corrected chi connectivity index (χ2v) is 8.71. The fourth-order valence-corrected chi connectivity index (χ4v) is 3.74. The summed E-state index contributed by atoms with van der Waals surface area (Å²) in [7, 11) is 0. The molecule has 3 rings (SSSR count). The van der Waals surface area contributed by atoms with E-state index in [-0.39, 0.29) is 17.2 Å². The van der Waals surface area contributed by atoms with E-state index < -0.39 is 6.04 Å². The van der Waals surface area contributed by atoms with Crippen molar-refractivity contribution in [1.82, 2.24) is 10.2 Å². The minimum atomic E-state index is -0.570. The van der Waals surface area contributed by atoms with Crippen molar-refractivity contribution >= 4 is 45.6 Å². The predicted octanol–water partition coefficient (Wildman–Crippen LogP) is 4.01. The largest absolute Gasteiger partial charge is 0.300 e. The third kappa shape index (κ3) is 4.04. The van der Waals surface area contributed by atoms with Crippen LogP contribution in [-0.4, -0.2) is 28.1 Å². The first-order valence-corrected chi connectivity index (χ1v) is 9.67. The lowest BCUT2D eigenvalue weighted by Gasteiger charge is -2.34. The van der Waals surface area contributed by atoms with Gasteiger partial charge in [0.1, 0.15) is 11.0 Å². The van der Waals surface area contributed by atoms with Crippen LogP contribution < -0.4 is 10.2 Å². The summed E-state index contributed by atoms with van der Waals surface area (Å²) in [5, 5.41) is 12.9. The quantitative estimate of drug-likeness (QED) is 0.856. The molecule has 2 heterocycles. The summed E-state index contributed by atoms with van der Waals surface area (Å²) in [5.41, 5.74) is 0.545. The third-order valence-corrected chi connectivity index (χ3v) is 5.67. The number of amides is 2. The van der Waals surface area contributed by atoms with E-state index in [9.17, 15) is 9.59 Å². The molecule has 8 heteroatoms. The van der Waals surface area contributed by atoms with Crippen LogP contribution in [0, 0.1) is 0 Å². The number of anilines is 2. The highest BCUT2D eigenvalue weighted by Gasteiger charge is 2.35. The summed E-state index contributed by atoms with van der Waals surface area (Å²) in [4.78, 5) is 26.9. The number of carbonyl (C=O) groups excluding carboxylic acids is 2. The van der Waals surface area contributed by atoms with Crippen LogP contribution in [0.4, 0.5) is 10.8 Å². The van der Waals surface area contributed by atoms with Gasteiger partial charge < -0.3 is 0 Å². The molecule has 6 nitrogen and oxygen atoms in total. The minimum absolute atomic E-state index is 0.0635. The fourth-order valence-electron chi connectivity index (χ4n) is 2.81. The Kier molecular flexibility index (Phi) is 5.29. The fraction of sp³-hybridized carbons (Fsp3) is 0.444. The Morgan fingerprint density at radius 3 is 2.58 bits per heavy atom. The molecule has 0 saturated carbocycles. The van der Waals surface area contributed by atoms with Crippen LogP contribution in [0.5, 0.6) is 0 Å². The molecule has 1 unspecified atom stereocenters. The Labute approximate surface area is 161 Å². The lowest BCUT2D eigenvalue weighted by Crippen LogP contribution is -2.50. The monoisotopic (exact) mass is 392 g/mol. The van der Waals surface area contributed by atoms with Gasteiger partial charge in [-0.05, 0) is 37.1 Å². The molecule has 1 aliphatic rings. The predicted molar refractivity (Wildman–Crippen MR) is 104 cm³/mol. The Balaban J connectivity index is 1.80. The molecule has 1 saturated heterocycles. The van der Waals surface area contributed by atoms with Crippen molar-refractivity contribution in [1.29, 1.82) is 0 Å². The zero-order valence-corrected chi connectivity index (χ0v) is 16.5. The molecule has 26 heavy (non-hydrogen) atoms. The smallest absolute Gasteiger partial charge is 0.249 e. The maximum Gasteiger partial charge on any atom is 0.249 e. The molecule has 2 amide bonds. The summed E-state index contributed by atoms with van der Waals surface area (Å²) in [5.74, 6) is -0.309. The van der Waals surface area contributed by atoms with Crippen molar-refractivity contribution in [2.75, 3.05) is 10.2 Å². The Hall–Kier alpha value is -1.99. The molecule has 1 aromatic heterocycles. The average Bonchev–Trinajstić information content (AvgIpc) is 3.04. The van der Waals surface area contributed by atoms with E-state index >= 15 is 0 Å². The van der Waals surface area contributed by atoms with Crippen molar-refractivity contribution in [3.05, 3.63) is 34.3 Å². The first-order valence-electron chi connectivity index (χ1n) is 8.48. The van der Waals surface area contributed by atoms with Gasteiger partial charge in [-0.2, -0.15) is 0 Å². The molecule has 0 bridgehead atoms. The number of nitrogens with one attached hydrogen (secondary N) is 1. The number of piperidine rings is 1. The number of carbonyl (C=O) groups is 2. The van der Waals surface area contributed by atoms with Crippen LogP contribution in [0.15, 0.2) is 24.3 Å². The van der Waals surface area contributed by atoms with E-state index in [1.54, 1.807) is 29.2 Å². The number of rotatable bonds is 3. The lowest BCUT2D eigenvalue weighted by molar-refractivity contribution is -0.125. The van der Waals surface area contributed by atoms with Crippen molar-refractivity contribution in [3.8, 4) is 0 Å². The van der Waals surface area contributed by atoms with Gasteiger partial charge in [0.15, 0.2) is 0 Å². The lowest BCUT2D eigenvalue weighted by atomic mass is 9.98. The zero-order valence-electron chi connectivity index (χ0n) is 15.0. The van der Waals surface area contributed by atoms with Gasteiger partial charge in [-0.3, -0.25) is 19.8 Å². The van der Waals surface area contributed by atoms with Gasteiger partial charge in [-0.25, -0.2) is 0 Å². The molecule has 1 N–H and O–H groups in total. The zero-order chi connectivity index (χ0) is 18.9. The van der Waals surface area contributed by atoms with Crippen molar-refractivity contribution < 1.29 is 9.59 Å². The van der Waals surface area contributed by atoms with E-state index in [0.29, 0.717) is 35.1 Å². The summed E-state index contributed by atoms with van der Waals surface area (Å²) in [6.07, 6.45) is 1.72. The number of hydrogen-bond acceptors (Lipinski definition) is 5. The topological polar surface area (TPSA) is 75.2 Å². The highest BCUT2D eigenvalue weighted by Crippen LogP contribution is 2.30. The molecular weight excluding hydrogens is 372 g/mol. The van der Waals surface area contributed by atoms with E-state index in [0.717, 1.165) is 5.01 Å². The Morgan fingerprint density at radius 1 is 1.27 bits per heavy atom. The molecule has 138 valence electrons. The van der Waals surface area contributed by atoms with Gasteiger partial charge in [0.05, 0.1) is 0 Å². The van der Waals surface area contributed by atoms with E-state index in [4.69, 9.17) is 11.6 Å². The van der Waals surface area contributed by atoms with Gasteiger partial charge in [-0.15, -0.1) is 10.2 Å². The Bertz CT molecular complexity index is 813. The molecule has 0 spiro atoms. The Morgan fingerprint density at radius 2 is 1.96 bits per heavy atom. The maximum atomic E-state index is 12.8. The number of nitrogens with zero attached hydrogens (tertiary/aromatic N) is 3. The van der Waals surface area contributed by atoms with Crippen LogP contribution in [0.1, 0.15) is 45.0 Å². The van der Waals surface area contributed by atoms with Gasteiger partial charge in [0.2, 0.25) is 16.9 Å². The molecular formula is C18H21ClN4O2S. The van der Waals surface area contributed by atoms with Crippen LogP contribution in [0.3, 0.4) is 0 Å². The summed E-state index contributed by atoms with van der Waals surface area (Å²) in [6, 6.07) is 6.38. The first-order chi connectivity index (χ1) is 12.3. The normalized spacial score (nSPS) is 18.1. The van der Waals surface area contributed by atoms with E-state index in [2.05, 4.69) is 15.5 Å². The minimum Gasteiger partial charge on any atom is -0.300 e. The molecule has 1 fully saturated rings. The second-order valence-electron chi connectivity index (χ2n) is 7.30. The standard InChI is InChI=1S/C18H21ClN4O2S/c1-18(2,3)16-21-22-17(26-16)20-15(25)13-5-4-6-14(24)23(13)12-9-7-11(19)8-10-12/h7-10,13H,4-6H2,1-3H3,(H,20,22,25). The molecule has 1 atom stereocenters. The average molecular weight is 393 g/mol. The first kappa shape index (κ1) is 18.8. The second kappa shape index (κ2) is 7.32. The molecule has 2 aromatic rings. The van der Waals surface area contributed by atoms with Crippen molar-refractivity contribution in [3.63, 3.8) is 0 Å². The highest BCUT2D eigenvalue weighted by molar-refractivity contribution is 7.15. The maximum absolute atomic E-state index is 12.8. The molecule has 0 radical (unpaired) electrons. The molecule has 0 aliphatic carbocycles. The van der Waals surface area contributed by atoms with Gasteiger partial charge in [0.25, 0.3) is 0 Å². The number of aromatic nitrogens is 2. The third-order valence-electron chi connectivity index (χ3n) is 4.15. The van der Waals surface area contributed by atoms with Crippen LogP contribution in [0.2, 0.25) is 5.02 Å². The van der Waals surface area contributed by atoms with Gasteiger partial charge in [-0.1, -0.05) is 43.7 Å². The molecule has 1 aromatic carbocycles.